The Balaban J connectivity index is 1.13. The van der Waals surface area contributed by atoms with Crippen LogP contribution in [0.15, 0.2) is 49.4 Å². The van der Waals surface area contributed by atoms with E-state index in [1.165, 1.54) is 28.6 Å². The number of benzene rings is 1. The van der Waals surface area contributed by atoms with Crippen molar-refractivity contribution in [2.45, 2.75) is 30.3 Å². The molecule has 2 aliphatic heterocycles. The van der Waals surface area contributed by atoms with Gasteiger partial charge in [-0.1, -0.05) is 0 Å². The number of nitrogens with zero attached hydrogens (tertiary/aromatic N) is 5. The van der Waals surface area contributed by atoms with Crippen molar-refractivity contribution in [2.75, 3.05) is 17.6 Å². The summed E-state index contributed by atoms with van der Waals surface area (Å²) in [6, 6.07) is 5.97. The molecule has 178 valence electrons. The first-order chi connectivity index (χ1) is 17.0. The van der Waals surface area contributed by atoms with Gasteiger partial charge in [-0.2, -0.15) is 0 Å². The number of carbonyl (C=O) groups is 1. The van der Waals surface area contributed by atoms with Crippen LogP contribution in [-0.2, 0) is 17.8 Å². The van der Waals surface area contributed by atoms with Gasteiger partial charge in [-0.25, -0.2) is 19.2 Å². The first kappa shape index (κ1) is 21.7. The molecule has 1 aromatic carbocycles. The molecule has 35 heavy (non-hydrogen) atoms. The van der Waals surface area contributed by atoms with Crippen molar-refractivity contribution in [3.8, 4) is 5.82 Å². The second-order valence-electron chi connectivity index (χ2n) is 8.17. The fourth-order valence-electron chi connectivity index (χ4n) is 4.37. The summed E-state index contributed by atoms with van der Waals surface area (Å²) in [5.41, 5.74) is 1.26. The fraction of sp³-hybridized carbons (Fsp3) is 0.273. The number of amides is 1. The predicted octanol–water partition coefficient (Wildman–Crippen LogP) is 1.39. The summed E-state index contributed by atoms with van der Waals surface area (Å²) >= 11 is 1.37. The minimum atomic E-state index is -0.679. The lowest BCUT2D eigenvalue weighted by atomic mass is 10.1. The lowest BCUT2D eigenvalue weighted by Crippen LogP contribution is -2.26. The standard InChI is InChI=1S/C22H18FN7O4S/c23-11-3-4-12-20-19(11)13(9-29(20)18(32)8-25-12)24-7-1-2-17-28-30(22(33)34-17)15-6-5-14-21(26-15)27-16(31)10-35-14/h3-6,8,13,24H,1-2,7,9-10H2,(H,26,27,31)/t13-/m0/s1. The maximum absolute atomic E-state index is 14.6. The molecule has 2 aliphatic rings. The molecule has 2 N–H and O–H groups in total. The van der Waals surface area contributed by atoms with E-state index in [1.807, 2.05) is 0 Å². The van der Waals surface area contributed by atoms with E-state index >= 15 is 0 Å². The van der Waals surface area contributed by atoms with Gasteiger partial charge in [0.05, 0.1) is 33.9 Å². The van der Waals surface area contributed by atoms with Crippen LogP contribution in [0.2, 0.25) is 0 Å². The number of pyridine rings is 1. The molecular formula is C22H18FN7O4S. The fourth-order valence-corrected chi connectivity index (χ4v) is 5.12. The summed E-state index contributed by atoms with van der Waals surface area (Å²) in [6.45, 7) is 0.796. The number of carbonyl (C=O) groups excluding carboxylic acids is 1. The third-order valence-corrected chi connectivity index (χ3v) is 6.98. The van der Waals surface area contributed by atoms with Crippen LogP contribution in [-0.4, -0.2) is 42.5 Å². The van der Waals surface area contributed by atoms with Gasteiger partial charge in [0.25, 0.3) is 5.56 Å². The predicted molar refractivity (Wildman–Crippen MR) is 124 cm³/mol. The number of hydrogen-bond donors (Lipinski definition) is 2. The monoisotopic (exact) mass is 495 g/mol. The van der Waals surface area contributed by atoms with Crippen molar-refractivity contribution in [3.05, 3.63) is 68.6 Å². The highest BCUT2D eigenvalue weighted by Gasteiger charge is 2.28. The topological polar surface area (TPSA) is 137 Å². The van der Waals surface area contributed by atoms with Gasteiger partial charge in [-0.05, 0) is 37.2 Å². The Morgan fingerprint density at radius 1 is 1.23 bits per heavy atom. The molecule has 0 spiro atoms. The van der Waals surface area contributed by atoms with Crippen LogP contribution in [0.25, 0.3) is 16.9 Å². The number of thioether (sulfide) groups is 1. The zero-order valence-electron chi connectivity index (χ0n) is 18.2. The zero-order chi connectivity index (χ0) is 24.1. The number of halogens is 1. The first-order valence-electron chi connectivity index (χ1n) is 10.9. The summed E-state index contributed by atoms with van der Waals surface area (Å²) in [5.74, 6) is -0.0332. The summed E-state index contributed by atoms with van der Waals surface area (Å²) in [4.78, 5) is 45.4. The molecule has 13 heteroatoms. The molecule has 0 saturated heterocycles. The number of hydrogen-bond acceptors (Lipinski definition) is 9. The van der Waals surface area contributed by atoms with E-state index < -0.39 is 5.76 Å². The van der Waals surface area contributed by atoms with E-state index in [9.17, 15) is 18.8 Å². The molecule has 6 rings (SSSR count). The summed E-state index contributed by atoms with van der Waals surface area (Å²) in [5, 5.41) is 10.2. The molecule has 3 aromatic heterocycles. The highest BCUT2D eigenvalue weighted by molar-refractivity contribution is 8.00. The molecular weight excluding hydrogens is 477 g/mol. The Kier molecular flexibility index (Phi) is 5.22. The highest BCUT2D eigenvalue weighted by Crippen LogP contribution is 2.32. The third kappa shape index (κ3) is 3.82. The van der Waals surface area contributed by atoms with Gasteiger partial charge in [0.15, 0.2) is 5.82 Å². The van der Waals surface area contributed by atoms with Gasteiger partial charge in [-0.15, -0.1) is 21.5 Å². The minimum Gasteiger partial charge on any atom is -0.392 e. The number of rotatable bonds is 6. The third-order valence-electron chi connectivity index (χ3n) is 5.93. The molecule has 0 saturated carbocycles. The van der Waals surface area contributed by atoms with E-state index in [0.717, 1.165) is 9.58 Å². The van der Waals surface area contributed by atoms with Crippen molar-refractivity contribution < 1.29 is 13.6 Å². The quantitative estimate of drug-likeness (QED) is 0.380. The van der Waals surface area contributed by atoms with Gasteiger partial charge in [0.2, 0.25) is 11.8 Å². The largest absolute Gasteiger partial charge is 0.443 e. The van der Waals surface area contributed by atoms with Crippen LogP contribution < -0.4 is 21.9 Å². The van der Waals surface area contributed by atoms with Crippen LogP contribution in [0.5, 0.6) is 0 Å². The number of nitrogens with one attached hydrogen (secondary N) is 2. The maximum Gasteiger partial charge on any atom is 0.443 e. The summed E-state index contributed by atoms with van der Waals surface area (Å²) in [7, 11) is 0. The average Bonchev–Trinajstić information content (AvgIpc) is 3.42. The Morgan fingerprint density at radius 3 is 3.00 bits per heavy atom. The molecule has 0 unspecified atom stereocenters. The SMILES string of the molecule is O=C1CSc2ccc(-n3nc(CCCN[C@H]4Cn5c(=O)cnc6ccc(F)c4c65)oc3=O)nc2N1. The van der Waals surface area contributed by atoms with E-state index in [-0.39, 0.29) is 35.0 Å². The van der Waals surface area contributed by atoms with Crippen LogP contribution in [0.1, 0.15) is 23.9 Å². The Morgan fingerprint density at radius 2 is 2.11 bits per heavy atom. The van der Waals surface area contributed by atoms with Gasteiger partial charge in [-0.3, -0.25) is 9.59 Å². The maximum atomic E-state index is 14.6. The average molecular weight is 495 g/mol. The molecule has 4 aromatic rings. The van der Waals surface area contributed by atoms with Crippen molar-refractivity contribution in [3.63, 3.8) is 0 Å². The van der Waals surface area contributed by atoms with Gasteiger partial charge >= 0.3 is 5.76 Å². The number of aryl methyl sites for hydroxylation is 1. The van der Waals surface area contributed by atoms with Crippen molar-refractivity contribution in [2.24, 2.45) is 0 Å². The van der Waals surface area contributed by atoms with E-state index in [4.69, 9.17) is 4.42 Å². The van der Waals surface area contributed by atoms with Crippen LogP contribution >= 0.6 is 11.8 Å². The molecule has 5 heterocycles. The van der Waals surface area contributed by atoms with Crippen molar-refractivity contribution in [1.82, 2.24) is 29.6 Å². The van der Waals surface area contributed by atoms with Gasteiger partial charge in [0, 0.05) is 18.5 Å². The second-order valence-corrected chi connectivity index (χ2v) is 9.19. The second kappa shape index (κ2) is 8.43. The summed E-state index contributed by atoms with van der Waals surface area (Å²) < 4.78 is 22.4. The molecule has 0 aliphatic carbocycles. The van der Waals surface area contributed by atoms with Crippen LogP contribution in [0.4, 0.5) is 10.2 Å². The molecule has 0 bridgehead atoms. The Hall–Kier alpha value is -3.84. The van der Waals surface area contributed by atoms with E-state index in [2.05, 4.69) is 25.7 Å². The smallest absolute Gasteiger partial charge is 0.392 e. The number of aromatic nitrogens is 5. The normalized spacial score (nSPS) is 16.5. The molecule has 11 nitrogen and oxygen atoms in total. The van der Waals surface area contributed by atoms with Crippen molar-refractivity contribution in [1.29, 1.82) is 0 Å². The Labute approximate surface area is 200 Å². The van der Waals surface area contributed by atoms with Crippen LogP contribution in [0.3, 0.4) is 0 Å². The first-order valence-corrected chi connectivity index (χ1v) is 11.9. The van der Waals surface area contributed by atoms with Gasteiger partial charge < -0.3 is 19.6 Å². The molecule has 0 fully saturated rings. The molecule has 0 radical (unpaired) electrons. The molecule has 1 atom stereocenters. The number of fused-ring (bicyclic) bond motifs is 1. The zero-order valence-corrected chi connectivity index (χ0v) is 19.0. The number of anilines is 1. The lowest BCUT2D eigenvalue weighted by Gasteiger charge is -2.15. The van der Waals surface area contributed by atoms with Gasteiger partial charge in [0.1, 0.15) is 11.6 Å². The molecule has 1 amide bonds. The minimum absolute atomic E-state index is 0.157. The van der Waals surface area contributed by atoms with E-state index in [1.54, 1.807) is 18.2 Å². The van der Waals surface area contributed by atoms with Crippen LogP contribution in [0, 0.1) is 5.82 Å². The Bertz CT molecular complexity index is 1610. The lowest BCUT2D eigenvalue weighted by molar-refractivity contribution is -0.113. The summed E-state index contributed by atoms with van der Waals surface area (Å²) in [6.07, 6.45) is 2.16. The highest BCUT2D eigenvalue weighted by atomic mass is 32.2. The van der Waals surface area contributed by atoms with E-state index in [0.29, 0.717) is 54.1 Å². The van der Waals surface area contributed by atoms with Crippen molar-refractivity contribution >= 4 is 34.5 Å².